The number of aromatic hydroxyl groups is 1. The summed E-state index contributed by atoms with van der Waals surface area (Å²) >= 11 is 0. The van der Waals surface area contributed by atoms with E-state index in [0.717, 1.165) is 60.1 Å². The lowest BCUT2D eigenvalue weighted by atomic mass is 9.85. The van der Waals surface area contributed by atoms with Crippen molar-refractivity contribution in [1.82, 2.24) is 0 Å². The van der Waals surface area contributed by atoms with Gasteiger partial charge in [-0.05, 0) is 69.7 Å². The number of rotatable bonds is 12. The molecule has 0 aliphatic carbocycles. The Morgan fingerprint density at radius 2 is 1.68 bits per heavy atom. The van der Waals surface area contributed by atoms with Crippen LogP contribution in [0.3, 0.4) is 0 Å². The fraction of sp³-hybridized carbons (Fsp3) is 0.692. The van der Waals surface area contributed by atoms with Crippen molar-refractivity contribution in [2.24, 2.45) is 0 Å². The van der Waals surface area contributed by atoms with E-state index in [1.54, 1.807) is 6.08 Å². The molecule has 0 radical (unpaired) electrons. The zero-order valence-electron chi connectivity index (χ0n) is 20.2. The van der Waals surface area contributed by atoms with Gasteiger partial charge in [0.15, 0.2) is 0 Å². The van der Waals surface area contributed by atoms with Gasteiger partial charge in [-0.1, -0.05) is 51.9 Å². The van der Waals surface area contributed by atoms with Crippen LogP contribution in [0.1, 0.15) is 107 Å². The van der Waals surface area contributed by atoms with Crippen molar-refractivity contribution in [2.75, 3.05) is 0 Å². The molecule has 1 aliphatic heterocycles. The molecule has 1 atom stereocenters. The highest BCUT2D eigenvalue weighted by Crippen LogP contribution is 2.44. The van der Waals surface area contributed by atoms with Crippen LogP contribution >= 0.6 is 0 Å². The molecule has 0 fully saturated rings. The number of benzene rings is 1. The van der Waals surface area contributed by atoms with Crippen molar-refractivity contribution in [2.45, 2.75) is 117 Å². The lowest BCUT2D eigenvalue weighted by molar-refractivity contribution is -0.428. The van der Waals surface area contributed by atoms with Crippen molar-refractivity contribution in [3.05, 3.63) is 44.1 Å². The minimum atomic E-state index is -0.464. The minimum absolute atomic E-state index is 0.223. The van der Waals surface area contributed by atoms with Gasteiger partial charge in [0, 0.05) is 18.4 Å². The van der Waals surface area contributed by atoms with Gasteiger partial charge in [0.25, 0.3) is 0 Å². The van der Waals surface area contributed by atoms with E-state index < -0.39 is 5.60 Å². The van der Waals surface area contributed by atoms with Gasteiger partial charge in [-0.3, -0.25) is 10.1 Å². The molecule has 0 bridgehead atoms. The third kappa shape index (κ3) is 6.72. The molecule has 0 saturated carbocycles. The minimum Gasteiger partial charge on any atom is -0.507 e. The molecule has 0 amide bonds. The molecule has 1 N–H and O–H groups in total. The number of hydrogen-bond donors (Lipinski definition) is 1. The third-order valence-electron chi connectivity index (χ3n) is 6.88. The van der Waals surface area contributed by atoms with Crippen LogP contribution in [0.15, 0.2) is 11.8 Å². The first-order valence-electron chi connectivity index (χ1n) is 12.0. The quantitative estimate of drug-likeness (QED) is 0.211. The van der Waals surface area contributed by atoms with E-state index in [1.165, 1.54) is 32.1 Å². The van der Waals surface area contributed by atoms with Crippen LogP contribution in [0.2, 0.25) is 0 Å². The van der Waals surface area contributed by atoms with Gasteiger partial charge in [0.1, 0.15) is 17.1 Å². The number of phenols is 1. The van der Waals surface area contributed by atoms with Crippen LogP contribution in [-0.2, 0) is 6.42 Å². The summed E-state index contributed by atoms with van der Waals surface area (Å²) in [6, 6.07) is 0. The number of nitro groups is 1. The fourth-order valence-corrected chi connectivity index (χ4v) is 4.48. The molecule has 1 unspecified atom stereocenters. The van der Waals surface area contributed by atoms with Crippen molar-refractivity contribution >= 4 is 0 Å². The Morgan fingerprint density at radius 1 is 1.06 bits per heavy atom. The van der Waals surface area contributed by atoms with Gasteiger partial charge in [-0.15, -0.1) is 0 Å². The van der Waals surface area contributed by atoms with Crippen LogP contribution in [0.25, 0.3) is 0 Å². The van der Waals surface area contributed by atoms with Crippen molar-refractivity contribution in [1.29, 1.82) is 0 Å². The molecular formula is C26H41NO4. The van der Waals surface area contributed by atoms with Crippen molar-refractivity contribution in [3.63, 3.8) is 0 Å². The molecule has 5 heteroatoms. The fourth-order valence-electron chi connectivity index (χ4n) is 4.48. The second-order valence-electron chi connectivity index (χ2n) is 9.46. The highest BCUT2D eigenvalue weighted by atomic mass is 16.6. The standard InChI is InChI=1S/C26H41NO4/c1-6-7-8-9-10-11-12-13-14-22(27(29)30)15-17-26(5)18-16-23-21(4)24(28)19(2)20(3)25(23)31-26/h15,28H,6-14,16-18H2,1-5H3/b22-15-. The molecule has 2 rings (SSSR count). The van der Waals surface area contributed by atoms with Crippen LogP contribution in [0.5, 0.6) is 11.5 Å². The summed E-state index contributed by atoms with van der Waals surface area (Å²) in [6.45, 7) is 10.1. The summed E-state index contributed by atoms with van der Waals surface area (Å²) in [5.74, 6) is 1.20. The Balaban J connectivity index is 1.95. The lowest BCUT2D eigenvalue weighted by Gasteiger charge is -2.37. The zero-order chi connectivity index (χ0) is 23.0. The van der Waals surface area contributed by atoms with E-state index in [0.29, 0.717) is 24.3 Å². The highest BCUT2D eigenvalue weighted by molar-refractivity contribution is 5.58. The van der Waals surface area contributed by atoms with Crippen LogP contribution in [0, 0.1) is 30.9 Å². The van der Waals surface area contributed by atoms with E-state index in [9.17, 15) is 15.2 Å². The van der Waals surface area contributed by atoms with E-state index >= 15 is 0 Å². The molecule has 0 spiro atoms. The monoisotopic (exact) mass is 431 g/mol. The maximum atomic E-state index is 11.6. The number of nitrogens with zero attached hydrogens (tertiary/aromatic N) is 1. The molecule has 1 aromatic rings. The average Bonchev–Trinajstić information content (AvgIpc) is 2.74. The number of unbranched alkanes of at least 4 members (excludes halogenated alkanes) is 7. The molecule has 0 saturated heterocycles. The summed E-state index contributed by atoms with van der Waals surface area (Å²) in [5.41, 5.74) is 3.61. The van der Waals surface area contributed by atoms with Gasteiger partial charge >= 0.3 is 0 Å². The Morgan fingerprint density at radius 3 is 2.29 bits per heavy atom. The Kier molecular flexibility index (Phi) is 9.39. The first-order chi connectivity index (χ1) is 14.7. The number of phenolic OH excluding ortho intramolecular Hbond substituents is 1. The highest BCUT2D eigenvalue weighted by Gasteiger charge is 2.34. The van der Waals surface area contributed by atoms with Crippen LogP contribution < -0.4 is 4.74 Å². The lowest BCUT2D eigenvalue weighted by Crippen LogP contribution is -2.36. The van der Waals surface area contributed by atoms with Crippen LogP contribution in [-0.4, -0.2) is 15.6 Å². The topological polar surface area (TPSA) is 72.6 Å². The van der Waals surface area contributed by atoms with Gasteiger partial charge in [0.2, 0.25) is 5.70 Å². The Hall–Kier alpha value is -2.04. The van der Waals surface area contributed by atoms with Gasteiger partial charge in [-0.25, -0.2) is 0 Å². The van der Waals surface area contributed by atoms with E-state index in [4.69, 9.17) is 4.74 Å². The van der Waals surface area contributed by atoms with Crippen molar-refractivity contribution in [3.8, 4) is 11.5 Å². The molecule has 1 aromatic carbocycles. The van der Waals surface area contributed by atoms with Crippen LogP contribution in [0.4, 0.5) is 0 Å². The smallest absolute Gasteiger partial charge is 0.242 e. The molecule has 174 valence electrons. The maximum absolute atomic E-state index is 11.6. The Labute approximate surface area is 188 Å². The van der Waals surface area contributed by atoms with Crippen molar-refractivity contribution < 1.29 is 14.8 Å². The number of hydrogen-bond acceptors (Lipinski definition) is 4. The predicted octanol–water partition coefficient (Wildman–Crippen LogP) is 7.48. The number of ether oxygens (including phenoxy) is 1. The second-order valence-corrected chi connectivity index (χ2v) is 9.46. The summed E-state index contributed by atoms with van der Waals surface area (Å²) in [7, 11) is 0. The average molecular weight is 432 g/mol. The first kappa shape index (κ1) is 25.2. The summed E-state index contributed by atoms with van der Waals surface area (Å²) in [5, 5.41) is 21.9. The Bertz CT molecular complexity index is 799. The normalized spacial score (nSPS) is 18.5. The molecule has 31 heavy (non-hydrogen) atoms. The van der Waals surface area contributed by atoms with E-state index in [1.807, 2.05) is 27.7 Å². The van der Waals surface area contributed by atoms with Gasteiger partial charge < -0.3 is 9.84 Å². The maximum Gasteiger partial charge on any atom is 0.242 e. The predicted molar refractivity (Wildman–Crippen MR) is 127 cm³/mol. The molecule has 0 aromatic heterocycles. The second kappa shape index (κ2) is 11.5. The number of allylic oxidation sites excluding steroid dienone is 1. The molecule has 5 nitrogen and oxygen atoms in total. The van der Waals surface area contributed by atoms with E-state index in [2.05, 4.69) is 6.92 Å². The number of fused-ring (bicyclic) bond motifs is 1. The van der Waals surface area contributed by atoms with Gasteiger partial charge in [-0.2, -0.15) is 0 Å². The first-order valence-corrected chi connectivity index (χ1v) is 12.0. The zero-order valence-corrected chi connectivity index (χ0v) is 20.2. The molecular weight excluding hydrogens is 390 g/mol. The summed E-state index contributed by atoms with van der Waals surface area (Å²) in [6.07, 6.45) is 13.9. The summed E-state index contributed by atoms with van der Waals surface area (Å²) < 4.78 is 6.41. The summed E-state index contributed by atoms with van der Waals surface area (Å²) in [4.78, 5) is 11.3. The van der Waals surface area contributed by atoms with Gasteiger partial charge in [0.05, 0.1) is 4.92 Å². The van der Waals surface area contributed by atoms with E-state index in [-0.39, 0.29) is 4.92 Å². The largest absolute Gasteiger partial charge is 0.507 e. The third-order valence-corrected chi connectivity index (χ3v) is 6.88. The molecule has 1 aliphatic rings. The molecule has 1 heterocycles. The SMILES string of the molecule is CCCCCCCCCC/C(=C/CC1(C)CCc2c(C)c(O)c(C)c(C)c2O1)[N+](=O)[O-].